The molecule has 0 bridgehead atoms. The molecule has 0 saturated carbocycles. The first-order valence-corrected chi connectivity index (χ1v) is 11.1. The second-order valence-electron chi connectivity index (χ2n) is 7.80. The lowest BCUT2D eigenvalue weighted by Gasteiger charge is -2.12. The van der Waals surface area contributed by atoms with Crippen molar-refractivity contribution in [3.05, 3.63) is 76.5 Å². The molecule has 1 unspecified atom stereocenters. The summed E-state index contributed by atoms with van der Waals surface area (Å²) in [6.07, 6.45) is 1.39. The Hall–Kier alpha value is -3.81. The minimum absolute atomic E-state index is 0.0262. The van der Waals surface area contributed by atoms with E-state index >= 15 is 0 Å². The second kappa shape index (κ2) is 10.2. The van der Waals surface area contributed by atoms with Gasteiger partial charge in [0.25, 0.3) is 11.4 Å². The van der Waals surface area contributed by atoms with Crippen molar-refractivity contribution in [3.8, 4) is 11.5 Å². The maximum Gasteiger partial charge on any atom is 0.306 e. The number of benzene rings is 2. The zero-order valence-electron chi connectivity index (χ0n) is 18.7. The number of esters is 1. The third-order valence-corrected chi connectivity index (χ3v) is 5.34. The van der Waals surface area contributed by atoms with Crippen molar-refractivity contribution in [2.75, 3.05) is 0 Å². The van der Waals surface area contributed by atoms with Crippen LogP contribution in [-0.2, 0) is 22.5 Å². The van der Waals surface area contributed by atoms with Crippen LogP contribution in [0.2, 0.25) is 0 Å². The van der Waals surface area contributed by atoms with Crippen molar-refractivity contribution in [1.29, 1.82) is 0 Å². The van der Waals surface area contributed by atoms with Gasteiger partial charge in [-0.15, -0.1) is 10.2 Å². The Bertz CT molecular complexity index is 1300. The Balaban J connectivity index is 1.43. The molecule has 0 radical (unpaired) electrons. The molecule has 0 aliphatic heterocycles. The first kappa shape index (κ1) is 22.4. The van der Waals surface area contributed by atoms with Crippen LogP contribution < -0.4 is 5.56 Å². The van der Waals surface area contributed by atoms with Crippen molar-refractivity contribution in [1.82, 2.24) is 19.7 Å². The molecule has 0 saturated heterocycles. The predicted molar refractivity (Wildman–Crippen MR) is 123 cm³/mol. The van der Waals surface area contributed by atoms with E-state index in [0.717, 1.165) is 29.4 Å². The summed E-state index contributed by atoms with van der Waals surface area (Å²) in [6.45, 7) is 4.37. The van der Waals surface area contributed by atoms with Gasteiger partial charge in [-0.3, -0.25) is 9.59 Å². The lowest BCUT2D eigenvalue weighted by Crippen LogP contribution is -2.26. The van der Waals surface area contributed by atoms with Gasteiger partial charge >= 0.3 is 5.97 Å². The first-order chi connectivity index (χ1) is 16.1. The molecule has 2 heterocycles. The molecule has 0 fully saturated rings. The van der Waals surface area contributed by atoms with E-state index in [9.17, 15) is 9.59 Å². The summed E-state index contributed by atoms with van der Waals surface area (Å²) in [7, 11) is 0. The van der Waals surface area contributed by atoms with Crippen LogP contribution in [0.3, 0.4) is 0 Å². The summed E-state index contributed by atoms with van der Waals surface area (Å²) < 4.78 is 12.9. The smallest absolute Gasteiger partial charge is 0.306 e. The fraction of sp³-hybridized carbons (Fsp3) is 0.320. The lowest BCUT2D eigenvalue weighted by atomic mass is 10.2. The normalized spacial score (nSPS) is 12.1. The number of hydrogen-bond donors (Lipinski definition) is 0. The highest BCUT2D eigenvalue weighted by atomic mass is 16.6. The van der Waals surface area contributed by atoms with Gasteiger partial charge in [-0.25, -0.2) is 4.98 Å². The Morgan fingerprint density at radius 1 is 1.09 bits per heavy atom. The summed E-state index contributed by atoms with van der Waals surface area (Å²) in [6, 6.07) is 16.9. The molecule has 0 spiro atoms. The molecule has 0 aliphatic carbocycles. The van der Waals surface area contributed by atoms with Gasteiger partial charge in [0, 0.05) is 18.5 Å². The molecule has 1 atom stereocenters. The third-order valence-electron chi connectivity index (χ3n) is 5.34. The van der Waals surface area contributed by atoms with E-state index in [1.807, 2.05) is 54.6 Å². The average molecular weight is 447 g/mol. The number of rotatable bonds is 9. The van der Waals surface area contributed by atoms with E-state index in [4.69, 9.17) is 9.15 Å². The van der Waals surface area contributed by atoms with E-state index in [1.54, 1.807) is 11.5 Å². The van der Waals surface area contributed by atoms with Crippen LogP contribution in [0.4, 0.5) is 0 Å². The number of carbonyl (C=O) groups is 1. The predicted octanol–water partition coefficient (Wildman–Crippen LogP) is 4.48. The molecule has 0 N–H and O–H groups in total. The van der Waals surface area contributed by atoms with Crippen LogP contribution in [0, 0.1) is 0 Å². The fourth-order valence-electron chi connectivity index (χ4n) is 3.57. The number of ether oxygens (including phenoxy) is 1. The van der Waals surface area contributed by atoms with E-state index in [2.05, 4.69) is 22.1 Å². The molecule has 8 heteroatoms. The minimum Gasteiger partial charge on any atom is -0.453 e. The topological polar surface area (TPSA) is 100 Å². The second-order valence-corrected chi connectivity index (χ2v) is 7.80. The van der Waals surface area contributed by atoms with Crippen LogP contribution in [0.5, 0.6) is 0 Å². The molecule has 0 aliphatic rings. The summed E-state index contributed by atoms with van der Waals surface area (Å²) in [5.74, 6) is 0.117. The molecule has 33 heavy (non-hydrogen) atoms. The lowest BCUT2D eigenvalue weighted by molar-refractivity contribution is -0.149. The Kier molecular flexibility index (Phi) is 6.92. The van der Waals surface area contributed by atoms with Crippen molar-refractivity contribution in [2.24, 2.45) is 0 Å². The SMILES string of the molecule is CCCCn1c(=O)c(CCC(=O)OC(C)c2nnc(-c3ccccc3)o2)nc2ccccc21. The maximum atomic E-state index is 13.0. The van der Waals surface area contributed by atoms with Crippen molar-refractivity contribution in [2.45, 2.75) is 52.2 Å². The van der Waals surface area contributed by atoms with Gasteiger partial charge in [-0.1, -0.05) is 43.7 Å². The van der Waals surface area contributed by atoms with Crippen LogP contribution >= 0.6 is 0 Å². The van der Waals surface area contributed by atoms with Gasteiger partial charge in [0.2, 0.25) is 5.89 Å². The molecule has 0 amide bonds. The highest BCUT2D eigenvalue weighted by Crippen LogP contribution is 2.22. The highest BCUT2D eigenvalue weighted by molar-refractivity contribution is 5.75. The molecule has 2 aromatic heterocycles. The number of nitrogens with zero attached hydrogens (tertiary/aromatic N) is 4. The van der Waals surface area contributed by atoms with Crippen molar-refractivity contribution < 1.29 is 13.9 Å². The van der Waals surface area contributed by atoms with Crippen molar-refractivity contribution >= 4 is 17.0 Å². The highest BCUT2D eigenvalue weighted by Gasteiger charge is 2.20. The average Bonchev–Trinajstić information content (AvgIpc) is 3.33. The number of carbonyl (C=O) groups excluding carboxylic acids is 1. The van der Waals surface area contributed by atoms with Crippen LogP contribution in [0.15, 0.2) is 63.8 Å². The number of unbranched alkanes of at least 4 members (excludes halogenated alkanes) is 1. The Morgan fingerprint density at radius 2 is 1.85 bits per heavy atom. The van der Waals surface area contributed by atoms with E-state index < -0.39 is 12.1 Å². The van der Waals surface area contributed by atoms with Gasteiger partial charge in [-0.05, 0) is 37.6 Å². The summed E-state index contributed by atoms with van der Waals surface area (Å²) in [4.78, 5) is 30.0. The first-order valence-electron chi connectivity index (χ1n) is 11.1. The number of hydrogen-bond acceptors (Lipinski definition) is 7. The molecular weight excluding hydrogens is 420 g/mol. The third kappa shape index (κ3) is 5.16. The minimum atomic E-state index is -0.701. The quantitative estimate of drug-likeness (QED) is 0.349. The van der Waals surface area contributed by atoms with Crippen LogP contribution in [-0.4, -0.2) is 25.7 Å². The molecular formula is C25H26N4O4. The number of aryl methyl sites for hydroxylation is 2. The standard InChI is InChI=1S/C25H26N4O4/c1-3-4-16-29-21-13-9-8-12-19(21)26-20(25(29)31)14-15-22(30)32-17(2)23-27-28-24(33-23)18-10-6-5-7-11-18/h5-13,17H,3-4,14-16H2,1-2H3. The Morgan fingerprint density at radius 3 is 2.64 bits per heavy atom. The largest absolute Gasteiger partial charge is 0.453 e. The molecule has 4 aromatic rings. The summed E-state index contributed by atoms with van der Waals surface area (Å²) in [5.41, 5.74) is 2.54. The van der Waals surface area contributed by atoms with Crippen LogP contribution in [0.25, 0.3) is 22.5 Å². The number of fused-ring (bicyclic) bond motifs is 1. The van der Waals surface area contributed by atoms with Gasteiger partial charge in [-0.2, -0.15) is 0 Å². The number of para-hydroxylation sites is 2. The molecule has 4 rings (SSSR count). The van der Waals surface area contributed by atoms with Crippen molar-refractivity contribution in [3.63, 3.8) is 0 Å². The maximum absolute atomic E-state index is 13.0. The zero-order chi connectivity index (χ0) is 23.2. The van der Waals surface area contributed by atoms with Crippen LogP contribution in [0.1, 0.15) is 50.8 Å². The zero-order valence-corrected chi connectivity index (χ0v) is 18.7. The Labute approximate surface area is 191 Å². The van der Waals surface area contributed by atoms with Gasteiger partial charge < -0.3 is 13.7 Å². The molecule has 170 valence electrons. The van der Waals surface area contributed by atoms with E-state index in [1.165, 1.54) is 0 Å². The van der Waals surface area contributed by atoms with E-state index in [-0.39, 0.29) is 24.3 Å². The molecule has 8 nitrogen and oxygen atoms in total. The van der Waals surface area contributed by atoms with Gasteiger partial charge in [0.05, 0.1) is 17.5 Å². The number of aromatic nitrogens is 4. The fourth-order valence-corrected chi connectivity index (χ4v) is 3.57. The van der Waals surface area contributed by atoms with Gasteiger partial charge in [0.15, 0.2) is 6.10 Å². The molecule has 2 aromatic carbocycles. The van der Waals surface area contributed by atoms with E-state index in [0.29, 0.717) is 18.1 Å². The monoisotopic (exact) mass is 446 g/mol. The summed E-state index contributed by atoms with van der Waals surface area (Å²) >= 11 is 0. The van der Waals surface area contributed by atoms with Gasteiger partial charge in [0.1, 0.15) is 5.69 Å². The summed E-state index contributed by atoms with van der Waals surface area (Å²) in [5, 5.41) is 8.01.